The van der Waals surface area contributed by atoms with Gasteiger partial charge in [-0.1, -0.05) is 41.5 Å². The number of thioether (sulfide) groups is 1. The molecule has 0 radical (unpaired) electrons. The molecule has 1 heterocycles. The second kappa shape index (κ2) is 11.3. The SMILES string of the molecule is CCOC(=O)c1ccc(-c2ccc(/C=N\NC(=O)CSCc3cc(C)cc(C)c3)o2)cc1. The topological polar surface area (TPSA) is 80.9 Å². The molecule has 3 rings (SSSR count). The van der Waals surface area contributed by atoms with Crippen molar-refractivity contribution in [1.29, 1.82) is 0 Å². The van der Waals surface area contributed by atoms with Gasteiger partial charge in [0.1, 0.15) is 11.5 Å². The van der Waals surface area contributed by atoms with E-state index in [1.54, 1.807) is 49.0 Å². The Bertz CT molecular complexity index is 1080. The van der Waals surface area contributed by atoms with Crippen LogP contribution in [0.15, 0.2) is 64.1 Å². The molecule has 0 spiro atoms. The molecule has 6 nitrogen and oxygen atoms in total. The summed E-state index contributed by atoms with van der Waals surface area (Å²) < 4.78 is 10.7. The lowest BCUT2D eigenvalue weighted by Crippen LogP contribution is -2.19. The summed E-state index contributed by atoms with van der Waals surface area (Å²) in [4.78, 5) is 23.7. The van der Waals surface area contributed by atoms with E-state index in [1.807, 2.05) is 6.07 Å². The maximum atomic E-state index is 12.0. The van der Waals surface area contributed by atoms with Gasteiger partial charge in [0.2, 0.25) is 5.91 Å². The van der Waals surface area contributed by atoms with Crippen molar-refractivity contribution in [1.82, 2.24) is 5.43 Å². The molecule has 1 amide bonds. The van der Waals surface area contributed by atoms with Crippen molar-refractivity contribution in [2.45, 2.75) is 26.5 Å². The molecule has 32 heavy (non-hydrogen) atoms. The zero-order valence-corrected chi connectivity index (χ0v) is 19.2. The molecule has 0 bridgehead atoms. The largest absolute Gasteiger partial charge is 0.462 e. The second-order valence-electron chi connectivity index (χ2n) is 7.28. The van der Waals surface area contributed by atoms with Gasteiger partial charge in [-0.15, -0.1) is 11.8 Å². The lowest BCUT2D eigenvalue weighted by Gasteiger charge is -2.04. The number of amides is 1. The fraction of sp³-hybridized carbons (Fsp3) is 0.240. The molecule has 0 saturated carbocycles. The van der Waals surface area contributed by atoms with Gasteiger partial charge in [-0.25, -0.2) is 10.2 Å². The van der Waals surface area contributed by atoms with Crippen LogP contribution in [-0.2, 0) is 15.3 Å². The Labute approximate surface area is 192 Å². The minimum atomic E-state index is -0.353. The van der Waals surface area contributed by atoms with E-state index < -0.39 is 0 Å². The predicted octanol–water partition coefficient (Wildman–Crippen LogP) is 5.12. The summed E-state index contributed by atoms with van der Waals surface area (Å²) in [5.74, 6) is 1.72. The van der Waals surface area contributed by atoms with E-state index in [2.05, 4.69) is 42.6 Å². The van der Waals surface area contributed by atoms with E-state index in [1.165, 1.54) is 22.9 Å². The number of nitrogens with zero attached hydrogens (tertiary/aromatic N) is 1. The van der Waals surface area contributed by atoms with E-state index >= 15 is 0 Å². The molecule has 0 atom stereocenters. The fourth-order valence-corrected chi connectivity index (χ4v) is 3.93. The summed E-state index contributed by atoms with van der Waals surface area (Å²) in [6.45, 7) is 6.25. The van der Waals surface area contributed by atoms with Gasteiger partial charge >= 0.3 is 5.97 Å². The molecule has 3 aromatic rings. The Kier molecular flexibility index (Phi) is 8.27. The summed E-state index contributed by atoms with van der Waals surface area (Å²) in [6, 6.07) is 16.9. The van der Waals surface area contributed by atoms with Crippen molar-refractivity contribution in [3.63, 3.8) is 0 Å². The first-order valence-corrected chi connectivity index (χ1v) is 11.4. The number of hydrogen-bond acceptors (Lipinski definition) is 6. The van der Waals surface area contributed by atoms with E-state index in [9.17, 15) is 9.59 Å². The summed E-state index contributed by atoms with van der Waals surface area (Å²) in [5, 5.41) is 3.97. The number of rotatable bonds is 9. The maximum absolute atomic E-state index is 12.0. The molecule has 2 aromatic carbocycles. The average Bonchev–Trinajstić information content (AvgIpc) is 3.22. The third-order valence-corrected chi connectivity index (χ3v) is 5.48. The molecule has 1 aromatic heterocycles. The molecule has 1 N–H and O–H groups in total. The minimum Gasteiger partial charge on any atom is -0.462 e. The monoisotopic (exact) mass is 450 g/mol. The summed E-state index contributed by atoms with van der Waals surface area (Å²) in [6.07, 6.45) is 1.46. The third kappa shape index (κ3) is 6.85. The van der Waals surface area contributed by atoms with Gasteiger partial charge in [0.25, 0.3) is 0 Å². The van der Waals surface area contributed by atoms with Crippen LogP contribution in [0.5, 0.6) is 0 Å². The van der Waals surface area contributed by atoms with E-state index in [0.29, 0.717) is 29.4 Å². The highest BCUT2D eigenvalue weighted by Crippen LogP contribution is 2.22. The second-order valence-corrected chi connectivity index (χ2v) is 8.27. The van der Waals surface area contributed by atoms with Crippen LogP contribution in [-0.4, -0.2) is 30.5 Å². The van der Waals surface area contributed by atoms with Crippen molar-refractivity contribution < 1.29 is 18.7 Å². The predicted molar refractivity (Wildman–Crippen MR) is 128 cm³/mol. The standard InChI is InChI=1S/C25H26N2O4S/c1-4-30-25(29)21-7-5-20(6-8-21)23-10-9-22(31-23)14-26-27-24(28)16-32-15-19-12-17(2)11-18(3)13-19/h5-14H,4,15-16H2,1-3H3,(H,27,28)/b26-14-. The number of benzene rings is 2. The van der Waals surface area contributed by atoms with Crippen LogP contribution in [0, 0.1) is 13.8 Å². The highest BCUT2D eigenvalue weighted by atomic mass is 32.2. The van der Waals surface area contributed by atoms with Gasteiger partial charge in [0.15, 0.2) is 0 Å². The smallest absolute Gasteiger partial charge is 0.338 e. The zero-order chi connectivity index (χ0) is 22.9. The molecule has 7 heteroatoms. The number of carbonyl (C=O) groups excluding carboxylic acids is 2. The van der Waals surface area contributed by atoms with Crippen molar-refractivity contribution in [2.24, 2.45) is 5.10 Å². The normalized spacial score (nSPS) is 11.0. The Morgan fingerprint density at radius 1 is 1.06 bits per heavy atom. The first kappa shape index (κ1) is 23.3. The molecule has 0 aliphatic heterocycles. The Morgan fingerprint density at radius 3 is 2.47 bits per heavy atom. The van der Waals surface area contributed by atoms with Gasteiger partial charge in [-0.2, -0.15) is 5.10 Å². The molecule has 0 fully saturated rings. The van der Waals surface area contributed by atoms with Crippen LogP contribution in [0.1, 0.15) is 39.7 Å². The average molecular weight is 451 g/mol. The molecular weight excluding hydrogens is 424 g/mol. The van der Waals surface area contributed by atoms with E-state index in [0.717, 1.165) is 11.3 Å². The van der Waals surface area contributed by atoms with Crippen LogP contribution in [0.3, 0.4) is 0 Å². The van der Waals surface area contributed by atoms with Crippen molar-refractivity contribution in [3.05, 3.63) is 82.6 Å². The first-order chi connectivity index (χ1) is 15.4. The number of ether oxygens (including phenoxy) is 1. The zero-order valence-electron chi connectivity index (χ0n) is 18.4. The van der Waals surface area contributed by atoms with Crippen LogP contribution in [0.4, 0.5) is 0 Å². The molecule has 0 aliphatic rings. The summed E-state index contributed by atoms with van der Waals surface area (Å²) >= 11 is 1.54. The van der Waals surface area contributed by atoms with Gasteiger partial charge < -0.3 is 9.15 Å². The van der Waals surface area contributed by atoms with Crippen LogP contribution in [0.2, 0.25) is 0 Å². The first-order valence-electron chi connectivity index (χ1n) is 10.3. The highest BCUT2D eigenvalue weighted by Gasteiger charge is 2.08. The van der Waals surface area contributed by atoms with E-state index in [-0.39, 0.29) is 11.9 Å². The highest BCUT2D eigenvalue weighted by molar-refractivity contribution is 7.99. The van der Waals surface area contributed by atoms with Crippen LogP contribution >= 0.6 is 11.8 Å². The van der Waals surface area contributed by atoms with Crippen LogP contribution < -0.4 is 5.43 Å². The minimum absolute atomic E-state index is 0.169. The number of nitrogens with one attached hydrogen (secondary N) is 1. The molecule has 166 valence electrons. The fourth-order valence-electron chi connectivity index (χ4n) is 3.18. The van der Waals surface area contributed by atoms with Crippen molar-refractivity contribution in [2.75, 3.05) is 12.4 Å². The lowest BCUT2D eigenvalue weighted by molar-refractivity contribution is -0.118. The number of carbonyl (C=O) groups is 2. The lowest BCUT2D eigenvalue weighted by atomic mass is 10.1. The van der Waals surface area contributed by atoms with Crippen molar-refractivity contribution >= 4 is 29.9 Å². The van der Waals surface area contributed by atoms with Crippen molar-refractivity contribution in [3.8, 4) is 11.3 Å². The summed E-state index contributed by atoms with van der Waals surface area (Å²) in [5.41, 5.74) is 7.49. The van der Waals surface area contributed by atoms with Crippen LogP contribution in [0.25, 0.3) is 11.3 Å². The van der Waals surface area contributed by atoms with Gasteiger partial charge in [-0.3, -0.25) is 4.79 Å². The molecule has 0 unspecified atom stereocenters. The van der Waals surface area contributed by atoms with Gasteiger partial charge in [0.05, 0.1) is 24.1 Å². The Hall–Kier alpha value is -3.32. The number of esters is 1. The maximum Gasteiger partial charge on any atom is 0.338 e. The van der Waals surface area contributed by atoms with Gasteiger partial charge in [-0.05, 0) is 50.6 Å². The number of hydrogen-bond donors (Lipinski definition) is 1. The quantitative estimate of drug-likeness (QED) is 0.278. The third-order valence-electron chi connectivity index (χ3n) is 4.47. The molecule has 0 saturated heterocycles. The Morgan fingerprint density at radius 2 is 1.78 bits per heavy atom. The Balaban J connectivity index is 1.47. The van der Waals surface area contributed by atoms with Gasteiger partial charge in [0, 0.05) is 11.3 Å². The number of aryl methyl sites for hydroxylation is 2. The molecule has 0 aliphatic carbocycles. The van der Waals surface area contributed by atoms with E-state index in [4.69, 9.17) is 9.15 Å². The number of furan rings is 1. The molecular formula is C25H26N2O4S. The number of hydrazone groups is 1. The summed E-state index contributed by atoms with van der Waals surface area (Å²) in [7, 11) is 0.